The second kappa shape index (κ2) is 10.2. The van der Waals surface area contributed by atoms with Crippen molar-refractivity contribution in [3.05, 3.63) is 106 Å². The van der Waals surface area contributed by atoms with Crippen molar-refractivity contribution < 1.29 is 9.59 Å². The van der Waals surface area contributed by atoms with Crippen molar-refractivity contribution in [2.45, 2.75) is 24.8 Å². The van der Waals surface area contributed by atoms with Gasteiger partial charge in [0.25, 0.3) is 5.91 Å². The lowest BCUT2D eigenvalue weighted by molar-refractivity contribution is -0.128. The molecule has 1 N–H and O–H groups in total. The second-order valence-corrected chi connectivity index (χ2v) is 9.46. The predicted molar refractivity (Wildman–Crippen MR) is 131 cm³/mol. The third-order valence-corrected chi connectivity index (χ3v) is 7.14. The van der Waals surface area contributed by atoms with Crippen LogP contribution >= 0.6 is 23.4 Å². The number of rotatable bonds is 7. The second-order valence-electron chi connectivity index (χ2n) is 7.96. The lowest BCUT2D eigenvalue weighted by Crippen LogP contribution is -2.28. The Morgan fingerprint density at radius 1 is 1.06 bits per heavy atom. The molecule has 2 amide bonds. The molecular formula is C26H25ClN2O2S. The molecule has 2 unspecified atom stereocenters. The Kier molecular flexibility index (Phi) is 7.18. The third kappa shape index (κ3) is 5.34. The van der Waals surface area contributed by atoms with E-state index in [0.29, 0.717) is 29.4 Å². The van der Waals surface area contributed by atoms with E-state index < -0.39 is 0 Å². The predicted octanol–water partition coefficient (Wildman–Crippen LogP) is 5.65. The van der Waals surface area contributed by atoms with Gasteiger partial charge in [0.05, 0.1) is 5.75 Å². The first-order valence-electron chi connectivity index (χ1n) is 10.6. The van der Waals surface area contributed by atoms with Crippen molar-refractivity contribution in [1.29, 1.82) is 0 Å². The Morgan fingerprint density at radius 2 is 1.75 bits per heavy atom. The van der Waals surface area contributed by atoms with Crippen LogP contribution in [0.1, 0.15) is 45.3 Å². The molecule has 164 valence electrons. The number of halogens is 1. The molecule has 1 aliphatic heterocycles. The zero-order chi connectivity index (χ0) is 22.5. The molecule has 0 saturated carbocycles. The molecule has 0 aliphatic carbocycles. The lowest BCUT2D eigenvalue weighted by atomic mass is 10.0. The Bertz CT molecular complexity index is 1070. The van der Waals surface area contributed by atoms with E-state index in [2.05, 4.69) is 24.4 Å². The minimum absolute atomic E-state index is 0.0617. The van der Waals surface area contributed by atoms with Gasteiger partial charge in [-0.3, -0.25) is 9.59 Å². The minimum Gasteiger partial charge on any atom is -0.351 e. The number of carbonyl (C=O) groups is 2. The van der Waals surface area contributed by atoms with Gasteiger partial charge in [-0.2, -0.15) is 0 Å². The maximum Gasteiger partial charge on any atom is 0.251 e. The van der Waals surface area contributed by atoms with E-state index in [0.717, 1.165) is 11.1 Å². The highest BCUT2D eigenvalue weighted by Crippen LogP contribution is 2.39. The molecule has 6 heteroatoms. The normalized spacial score (nSPS) is 16.8. The highest BCUT2D eigenvalue weighted by molar-refractivity contribution is 8.00. The van der Waals surface area contributed by atoms with Crippen molar-refractivity contribution in [2.24, 2.45) is 0 Å². The van der Waals surface area contributed by atoms with Crippen molar-refractivity contribution >= 4 is 35.2 Å². The summed E-state index contributed by atoms with van der Waals surface area (Å²) in [7, 11) is 0. The fraction of sp³-hybridized carbons (Fsp3) is 0.231. The van der Waals surface area contributed by atoms with Crippen LogP contribution in [0.25, 0.3) is 0 Å². The molecular weight excluding hydrogens is 440 g/mol. The van der Waals surface area contributed by atoms with E-state index in [9.17, 15) is 9.59 Å². The molecule has 3 aromatic rings. The van der Waals surface area contributed by atoms with Crippen LogP contribution in [0, 0.1) is 0 Å². The van der Waals surface area contributed by atoms with Gasteiger partial charge in [-0.25, -0.2) is 0 Å². The molecule has 4 nitrogen and oxygen atoms in total. The summed E-state index contributed by atoms with van der Waals surface area (Å²) in [6.45, 7) is 3.21. The van der Waals surface area contributed by atoms with Crippen LogP contribution in [0.4, 0.5) is 0 Å². The Morgan fingerprint density at radius 3 is 2.44 bits per heavy atom. The van der Waals surface area contributed by atoms with Gasteiger partial charge in [0.15, 0.2) is 0 Å². The number of hydrogen-bond donors (Lipinski definition) is 1. The maximum atomic E-state index is 12.6. The molecule has 1 heterocycles. The summed E-state index contributed by atoms with van der Waals surface area (Å²) in [5, 5.41) is 3.64. The van der Waals surface area contributed by atoms with Crippen LogP contribution < -0.4 is 5.32 Å². The van der Waals surface area contributed by atoms with Gasteiger partial charge in [0.1, 0.15) is 5.37 Å². The number of nitrogens with one attached hydrogen (secondary N) is 1. The van der Waals surface area contributed by atoms with Crippen molar-refractivity contribution in [2.75, 3.05) is 12.3 Å². The van der Waals surface area contributed by atoms with E-state index in [1.165, 1.54) is 5.56 Å². The van der Waals surface area contributed by atoms with Gasteiger partial charge in [-0.05, 0) is 46.9 Å². The molecule has 0 bridgehead atoms. The largest absolute Gasteiger partial charge is 0.351 e. The van der Waals surface area contributed by atoms with E-state index in [1.807, 2.05) is 71.6 Å². The van der Waals surface area contributed by atoms with Crippen molar-refractivity contribution in [1.82, 2.24) is 10.2 Å². The molecule has 1 aliphatic rings. The van der Waals surface area contributed by atoms with E-state index in [1.54, 1.807) is 11.8 Å². The summed E-state index contributed by atoms with van der Waals surface area (Å²) in [4.78, 5) is 27.0. The average molecular weight is 465 g/mol. The van der Waals surface area contributed by atoms with E-state index in [4.69, 9.17) is 11.6 Å². The van der Waals surface area contributed by atoms with E-state index >= 15 is 0 Å². The molecule has 1 fully saturated rings. The summed E-state index contributed by atoms with van der Waals surface area (Å²) in [5.41, 5.74) is 3.88. The smallest absolute Gasteiger partial charge is 0.251 e. The Hall–Kier alpha value is -2.76. The Labute approximate surface area is 198 Å². The van der Waals surface area contributed by atoms with Gasteiger partial charge in [-0.15, -0.1) is 11.8 Å². The fourth-order valence-electron chi connectivity index (χ4n) is 3.73. The molecule has 4 rings (SSSR count). The average Bonchev–Trinajstić information content (AvgIpc) is 3.19. The van der Waals surface area contributed by atoms with Crippen molar-refractivity contribution in [3.8, 4) is 0 Å². The van der Waals surface area contributed by atoms with Gasteiger partial charge in [0.2, 0.25) is 5.91 Å². The number of thioether (sulfide) groups is 1. The highest BCUT2D eigenvalue weighted by Gasteiger charge is 2.32. The van der Waals surface area contributed by atoms with Crippen molar-refractivity contribution in [3.63, 3.8) is 0 Å². The lowest BCUT2D eigenvalue weighted by Gasteiger charge is -2.24. The van der Waals surface area contributed by atoms with Gasteiger partial charge >= 0.3 is 0 Å². The number of amides is 2. The van der Waals surface area contributed by atoms with Crippen LogP contribution in [0.5, 0.6) is 0 Å². The van der Waals surface area contributed by atoms with Crippen LogP contribution in [0.2, 0.25) is 5.02 Å². The maximum absolute atomic E-state index is 12.6. The topological polar surface area (TPSA) is 49.4 Å². The van der Waals surface area contributed by atoms with Crippen LogP contribution in [-0.2, 0) is 11.3 Å². The molecule has 0 aromatic heterocycles. The standard InChI is InChI=1S/C26H25ClN2O2S/c1-18(20-5-3-2-4-6-20)15-28-25(31)21-9-11-22(12-10-21)26-29(24(30)17-32-26)16-19-7-13-23(27)14-8-19/h2-14,18,26H,15-17H2,1H3,(H,28,31). The summed E-state index contributed by atoms with van der Waals surface area (Å²) >= 11 is 7.59. The van der Waals surface area contributed by atoms with Crippen LogP contribution in [0.15, 0.2) is 78.9 Å². The first kappa shape index (κ1) is 22.4. The summed E-state index contributed by atoms with van der Waals surface area (Å²) in [6.07, 6.45) is 0. The first-order valence-corrected chi connectivity index (χ1v) is 12.0. The Balaban J connectivity index is 1.39. The zero-order valence-corrected chi connectivity index (χ0v) is 19.4. The number of carbonyl (C=O) groups excluding carboxylic acids is 2. The minimum atomic E-state index is -0.0903. The quantitative estimate of drug-likeness (QED) is 0.491. The fourth-order valence-corrected chi connectivity index (χ4v) is 5.05. The summed E-state index contributed by atoms with van der Waals surface area (Å²) in [5.74, 6) is 0.721. The molecule has 3 aromatic carbocycles. The monoisotopic (exact) mass is 464 g/mol. The number of hydrogen-bond acceptors (Lipinski definition) is 3. The van der Waals surface area contributed by atoms with Gasteiger partial charge in [-0.1, -0.05) is 73.1 Å². The van der Waals surface area contributed by atoms with Crippen LogP contribution in [-0.4, -0.2) is 29.0 Å². The molecule has 1 saturated heterocycles. The zero-order valence-electron chi connectivity index (χ0n) is 17.8. The molecule has 0 spiro atoms. The summed E-state index contributed by atoms with van der Waals surface area (Å²) < 4.78 is 0. The highest BCUT2D eigenvalue weighted by atomic mass is 35.5. The van der Waals surface area contributed by atoms with Gasteiger partial charge in [0, 0.05) is 23.7 Å². The van der Waals surface area contributed by atoms with Crippen LogP contribution in [0.3, 0.4) is 0 Å². The van der Waals surface area contributed by atoms with Gasteiger partial charge < -0.3 is 10.2 Å². The number of benzene rings is 3. The third-order valence-electron chi connectivity index (χ3n) is 5.63. The molecule has 32 heavy (non-hydrogen) atoms. The molecule has 0 radical (unpaired) electrons. The number of nitrogens with zero attached hydrogens (tertiary/aromatic N) is 1. The first-order chi connectivity index (χ1) is 15.5. The molecule has 2 atom stereocenters. The SMILES string of the molecule is CC(CNC(=O)c1ccc(C2SCC(=O)N2Cc2ccc(Cl)cc2)cc1)c1ccccc1. The van der Waals surface area contributed by atoms with E-state index in [-0.39, 0.29) is 23.1 Å². The summed E-state index contributed by atoms with van der Waals surface area (Å²) in [6, 6.07) is 25.3.